The van der Waals surface area contributed by atoms with E-state index in [1.807, 2.05) is 13.8 Å². The van der Waals surface area contributed by atoms with E-state index < -0.39 is 53.6 Å². The van der Waals surface area contributed by atoms with E-state index in [9.17, 15) is 32.7 Å². The van der Waals surface area contributed by atoms with Gasteiger partial charge in [-0.05, 0) is 52.4 Å². The summed E-state index contributed by atoms with van der Waals surface area (Å²) < 4.78 is 50.0. The van der Waals surface area contributed by atoms with Crippen molar-refractivity contribution in [3.05, 3.63) is 45.5 Å². The molecule has 0 radical (unpaired) electrons. The number of carbonyl (C=O) groups is 3. The van der Waals surface area contributed by atoms with Gasteiger partial charge in [-0.2, -0.15) is 18.3 Å². The summed E-state index contributed by atoms with van der Waals surface area (Å²) in [5.74, 6) is -3.50. The van der Waals surface area contributed by atoms with Crippen molar-refractivity contribution in [1.29, 1.82) is 0 Å². The smallest absolute Gasteiger partial charge is 0.433 e. The van der Waals surface area contributed by atoms with Crippen molar-refractivity contribution < 1.29 is 37.4 Å². The van der Waals surface area contributed by atoms with Gasteiger partial charge in [0.25, 0.3) is 5.91 Å². The Morgan fingerprint density at radius 1 is 1.10 bits per heavy atom. The van der Waals surface area contributed by atoms with Gasteiger partial charge in [-0.3, -0.25) is 24.0 Å². The van der Waals surface area contributed by atoms with E-state index in [2.05, 4.69) is 10.1 Å². The first kappa shape index (κ1) is 31.2. The number of carboxylic acids is 1. The molecule has 0 bridgehead atoms. The molecule has 4 rings (SSSR count). The second-order valence-corrected chi connectivity index (χ2v) is 12.1. The number of aliphatic carboxylic acids is 1. The average Bonchev–Trinajstić information content (AvgIpc) is 3.35. The predicted octanol–water partition coefficient (Wildman–Crippen LogP) is 5.95. The molecule has 2 fully saturated rings. The number of pyridine rings is 1. The Morgan fingerprint density at radius 3 is 2.27 bits per heavy atom. The Labute approximate surface area is 244 Å². The van der Waals surface area contributed by atoms with Crippen LogP contribution in [0.3, 0.4) is 0 Å². The highest BCUT2D eigenvalue weighted by Gasteiger charge is 2.44. The lowest BCUT2D eigenvalue weighted by Gasteiger charge is -2.37. The highest BCUT2D eigenvalue weighted by Crippen LogP contribution is 2.39. The summed E-state index contributed by atoms with van der Waals surface area (Å²) in [6.07, 6.45) is 0.426. The van der Waals surface area contributed by atoms with E-state index in [-0.39, 0.29) is 66.0 Å². The number of hydrogen-bond donors (Lipinski definition) is 1. The van der Waals surface area contributed by atoms with E-state index in [1.54, 1.807) is 0 Å². The number of aromatic nitrogens is 3. The van der Waals surface area contributed by atoms with Gasteiger partial charge >= 0.3 is 12.1 Å². The van der Waals surface area contributed by atoms with Crippen molar-refractivity contribution in [3.63, 3.8) is 0 Å². The lowest BCUT2D eigenvalue weighted by atomic mass is 9.86. The molecule has 1 N–H and O–H groups in total. The highest BCUT2D eigenvalue weighted by atomic mass is 35.5. The van der Waals surface area contributed by atoms with Gasteiger partial charge in [-0.25, -0.2) is 0 Å². The zero-order chi connectivity index (χ0) is 30.1. The van der Waals surface area contributed by atoms with Crippen LogP contribution in [0, 0.1) is 11.8 Å². The van der Waals surface area contributed by atoms with Gasteiger partial charge in [0.2, 0.25) is 0 Å². The highest BCUT2D eigenvalue weighted by molar-refractivity contribution is 6.39. The predicted molar refractivity (Wildman–Crippen MR) is 143 cm³/mol. The second kappa shape index (κ2) is 12.3. The number of carbonyl (C=O) groups excluding carboxylic acids is 2. The number of ketones is 1. The van der Waals surface area contributed by atoms with Crippen LogP contribution >= 0.6 is 23.2 Å². The van der Waals surface area contributed by atoms with Crippen LogP contribution in [0.1, 0.15) is 84.8 Å². The summed E-state index contributed by atoms with van der Waals surface area (Å²) in [7, 11) is 0. The first-order chi connectivity index (χ1) is 19.2. The van der Waals surface area contributed by atoms with E-state index in [0.29, 0.717) is 12.8 Å². The number of rotatable bonds is 8. The van der Waals surface area contributed by atoms with Crippen LogP contribution < -0.4 is 0 Å². The molecular formula is C27H31Cl2F3N4O5. The van der Waals surface area contributed by atoms with Crippen LogP contribution in [0.15, 0.2) is 18.6 Å². The van der Waals surface area contributed by atoms with Gasteiger partial charge in [0.05, 0.1) is 58.1 Å². The molecule has 1 saturated carbocycles. The fraction of sp³-hybridized carbons (Fsp3) is 0.593. The van der Waals surface area contributed by atoms with Crippen molar-refractivity contribution >= 4 is 40.9 Å². The van der Waals surface area contributed by atoms with Gasteiger partial charge in [-0.1, -0.05) is 23.2 Å². The summed E-state index contributed by atoms with van der Waals surface area (Å²) in [6, 6.07) is -0.720. The molecule has 2 aromatic rings. The second-order valence-electron chi connectivity index (χ2n) is 11.3. The largest absolute Gasteiger partial charge is 0.481 e. The molecule has 2 aromatic heterocycles. The summed E-state index contributed by atoms with van der Waals surface area (Å²) >= 11 is 12.3. The first-order valence-electron chi connectivity index (χ1n) is 13.3. The van der Waals surface area contributed by atoms with Gasteiger partial charge in [-0.15, -0.1) is 0 Å². The number of hydrogen-bond acceptors (Lipinski definition) is 6. The quantitative estimate of drug-likeness (QED) is 0.363. The topological polar surface area (TPSA) is 115 Å². The molecule has 41 heavy (non-hydrogen) atoms. The zero-order valence-corrected chi connectivity index (χ0v) is 24.1. The van der Waals surface area contributed by atoms with Gasteiger partial charge < -0.3 is 14.7 Å². The number of amides is 1. The summed E-state index contributed by atoms with van der Waals surface area (Å²) in [6.45, 7) is 3.51. The monoisotopic (exact) mass is 618 g/mol. The maximum absolute atomic E-state index is 14.4. The standard InChI is InChI=1S/C27H31Cl2F3N4O5/c1-26(2)8-7-15(14-41-26)12-35(13-21(37)22-19(28)10-33-11-20(22)29)24(38)18-9-34-36(23(18)27(30,31)32)17-5-3-16(4-6-17)25(39)40/h9-11,15-17H,3-8,12-14H2,1-2H3,(H,39,40). The number of ether oxygens (including phenoxy) is 1. The van der Waals surface area contributed by atoms with Crippen molar-refractivity contribution in [3.8, 4) is 0 Å². The SMILES string of the molecule is CC1(C)CCC(CN(CC(=O)c2c(Cl)cncc2Cl)C(=O)c2cnn(C3CCC(C(=O)O)CC3)c2C(F)(F)F)CO1. The molecule has 9 nitrogen and oxygen atoms in total. The van der Waals surface area contributed by atoms with E-state index in [4.69, 9.17) is 27.9 Å². The van der Waals surface area contributed by atoms with Crippen molar-refractivity contribution in [2.45, 2.75) is 70.2 Å². The Morgan fingerprint density at radius 2 is 1.73 bits per heavy atom. The zero-order valence-electron chi connectivity index (χ0n) is 22.6. The molecule has 1 aliphatic carbocycles. The van der Waals surface area contributed by atoms with Crippen LogP contribution in [0.4, 0.5) is 13.2 Å². The number of carboxylic acid groups (broad SMARTS) is 1. The average molecular weight is 619 g/mol. The van der Waals surface area contributed by atoms with Crippen LogP contribution in [0.2, 0.25) is 10.0 Å². The lowest BCUT2D eigenvalue weighted by Crippen LogP contribution is -2.44. The van der Waals surface area contributed by atoms with Gasteiger partial charge in [0.1, 0.15) is 0 Å². The summed E-state index contributed by atoms with van der Waals surface area (Å²) in [5.41, 5.74) is -2.36. The number of Topliss-reactive ketones (excluding diaryl/α,β-unsaturated/α-hetero) is 1. The Bertz CT molecular complexity index is 1280. The van der Waals surface area contributed by atoms with Crippen molar-refractivity contribution in [1.82, 2.24) is 19.7 Å². The molecule has 2 aliphatic rings. The number of halogens is 5. The molecular weight excluding hydrogens is 588 g/mol. The van der Waals surface area contributed by atoms with Crippen LogP contribution in [0.5, 0.6) is 0 Å². The van der Waals surface area contributed by atoms with Gasteiger partial charge in [0, 0.05) is 24.9 Å². The summed E-state index contributed by atoms with van der Waals surface area (Å²) in [4.78, 5) is 43.3. The first-order valence-corrected chi connectivity index (χ1v) is 14.1. The van der Waals surface area contributed by atoms with Crippen LogP contribution in [-0.2, 0) is 15.7 Å². The lowest BCUT2D eigenvalue weighted by molar-refractivity contribution is -0.147. The van der Waals surface area contributed by atoms with Crippen molar-refractivity contribution in [2.24, 2.45) is 11.8 Å². The number of alkyl halides is 3. The Balaban J connectivity index is 1.66. The van der Waals surface area contributed by atoms with Gasteiger partial charge in [0.15, 0.2) is 11.5 Å². The van der Waals surface area contributed by atoms with E-state index in [1.165, 1.54) is 12.4 Å². The molecule has 224 valence electrons. The fourth-order valence-corrected chi connectivity index (χ4v) is 6.05. The molecule has 0 aromatic carbocycles. The summed E-state index contributed by atoms with van der Waals surface area (Å²) in [5, 5.41) is 13.1. The third-order valence-electron chi connectivity index (χ3n) is 7.78. The van der Waals surface area contributed by atoms with Crippen LogP contribution in [-0.4, -0.2) is 67.7 Å². The molecule has 1 unspecified atom stereocenters. The maximum atomic E-state index is 14.4. The Kier molecular flexibility index (Phi) is 9.35. The third-order valence-corrected chi connectivity index (χ3v) is 8.36. The fourth-order valence-electron chi connectivity index (χ4n) is 5.47. The molecule has 3 heterocycles. The van der Waals surface area contributed by atoms with E-state index in [0.717, 1.165) is 15.8 Å². The molecule has 0 spiro atoms. The normalized spacial score (nSPS) is 22.8. The third kappa shape index (κ3) is 7.21. The molecule has 1 saturated heterocycles. The molecule has 1 aliphatic heterocycles. The molecule has 1 amide bonds. The van der Waals surface area contributed by atoms with Crippen molar-refractivity contribution in [2.75, 3.05) is 19.7 Å². The molecule has 1 atom stereocenters. The molecule has 14 heteroatoms. The van der Waals surface area contributed by atoms with Crippen LogP contribution in [0.25, 0.3) is 0 Å². The van der Waals surface area contributed by atoms with E-state index >= 15 is 0 Å². The Hall–Kier alpha value is -2.70. The number of nitrogens with zero attached hydrogens (tertiary/aromatic N) is 4. The minimum Gasteiger partial charge on any atom is -0.481 e. The minimum absolute atomic E-state index is 0.0346. The minimum atomic E-state index is -4.93. The maximum Gasteiger partial charge on any atom is 0.433 e.